The van der Waals surface area contributed by atoms with Gasteiger partial charge in [-0.2, -0.15) is 8.42 Å². The molecule has 1 unspecified atom stereocenters. The molecule has 29 heavy (non-hydrogen) atoms. The normalized spacial score (nSPS) is 13.1. The molecule has 0 aromatic carbocycles. The highest BCUT2D eigenvalue weighted by Gasteiger charge is 2.06. The largest absolute Gasteiger partial charge is 0.393 e. The minimum absolute atomic E-state index is 0.164. The molecule has 0 heterocycles. The van der Waals surface area contributed by atoms with Crippen molar-refractivity contribution in [1.82, 2.24) is 0 Å². The zero-order valence-corrected chi connectivity index (χ0v) is 20.1. The Labute approximate surface area is 182 Å². The minimum Gasteiger partial charge on any atom is -0.393 e. The molecule has 0 saturated carbocycles. The number of rotatable bonds is 23. The Bertz CT molecular complexity index is 423. The van der Waals surface area contributed by atoms with Gasteiger partial charge >= 0.3 is 0 Å². The van der Waals surface area contributed by atoms with Crippen molar-refractivity contribution in [3.05, 3.63) is 0 Å². The number of hydrogen-bond donors (Lipinski definition) is 2. The average Bonchev–Trinajstić information content (AvgIpc) is 2.66. The van der Waals surface area contributed by atoms with Crippen molar-refractivity contribution in [3.63, 3.8) is 0 Å². The molecule has 0 fully saturated rings. The molecule has 0 aromatic heterocycles. The predicted molar refractivity (Wildman–Crippen MR) is 125 cm³/mol. The Morgan fingerprint density at radius 1 is 0.552 bits per heavy atom. The molecule has 0 aliphatic rings. The zero-order chi connectivity index (χ0) is 21.6. The maximum absolute atomic E-state index is 10.6. The van der Waals surface area contributed by atoms with E-state index in [1.54, 1.807) is 0 Å². The van der Waals surface area contributed by atoms with Crippen molar-refractivity contribution in [2.24, 2.45) is 0 Å². The second-order valence-electron chi connectivity index (χ2n) is 8.88. The lowest BCUT2D eigenvalue weighted by molar-refractivity contribution is 0.147. The van der Waals surface area contributed by atoms with Crippen molar-refractivity contribution in [3.8, 4) is 0 Å². The highest BCUT2D eigenvalue weighted by atomic mass is 32.2. The fourth-order valence-electron chi connectivity index (χ4n) is 3.91. The van der Waals surface area contributed by atoms with E-state index in [1.165, 1.54) is 96.3 Å². The summed E-state index contributed by atoms with van der Waals surface area (Å²) in [4.78, 5) is 0. The Morgan fingerprint density at radius 3 is 1.21 bits per heavy atom. The number of unbranched alkanes of at least 4 members (excludes halogenated alkanes) is 17. The van der Waals surface area contributed by atoms with Crippen molar-refractivity contribution >= 4 is 10.1 Å². The fraction of sp³-hybridized carbons (Fsp3) is 1.00. The zero-order valence-electron chi connectivity index (χ0n) is 19.3. The summed E-state index contributed by atoms with van der Waals surface area (Å²) in [5, 5.41) is 9.96. The van der Waals surface area contributed by atoms with Gasteiger partial charge in [0, 0.05) is 0 Å². The second-order valence-corrected chi connectivity index (χ2v) is 10.5. The summed E-state index contributed by atoms with van der Waals surface area (Å²) < 4.78 is 29.9. The van der Waals surface area contributed by atoms with Crippen LogP contribution in [0.5, 0.6) is 0 Å². The van der Waals surface area contributed by atoms with Crippen molar-refractivity contribution in [1.29, 1.82) is 0 Å². The highest BCUT2D eigenvalue weighted by molar-refractivity contribution is 7.85. The van der Waals surface area contributed by atoms with Crippen LogP contribution in [-0.2, 0) is 10.1 Å². The molecule has 0 aliphatic heterocycles. The van der Waals surface area contributed by atoms with Crippen molar-refractivity contribution < 1.29 is 18.1 Å². The smallest absolute Gasteiger partial charge is 0.264 e. The minimum atomic E-state index is -3.83. The van der Waals surface area contributed by atoms with Crippen LogP contribution in [-0.4, -0.2) is 29.9 Å². The van der Waals surface area contributed by atoms with Crippen LogP contribution in [0.15, 0.2) is 0 Å². The third kappa shape index (κ3) is 25.8. The van der Waals surface area contributed by atoms with Crippen molar-refractivity contribution in [2.75, 3.05) is 5.75 Å². The first-order valence-corrected chi connectivity index (χ1v) is 14.2. The van der Waals surface area contributed by atoms with Crippen molar-refractivity contribution in [2.45, 2.75) is 148 Å². The Kier molecular flexibility index (Phi) is 21.0. The van der Waals surface area contributed by atoms with Gasteiger partial charge in [0.15, 0.2) is 0 Å². The fourth-order valence-corrected chi connectivity index (χ4v) is 4.48. The lowest BCUT2D eigenvalue weighted by atomic mass is 10.0. The van der Waals surface area contributed by atoms with Crippen LogP contribution in [0.2, 0.25) is 0 Å². The molecule has 2 N–H and O–H groups in total. The van der Waals surface area contributed by atoms with E-state index in [-0.39, 0.29) is 11.9 Å². The molecule has 1 atom stereocenters. The molecule has 0 aliphatic carbocycles. The standard InChI is InChI=1S/C24H50O4S/c1-2-3-4-5-6-7-8-9-10-11-12-13-14-15-16-18-21-24(25)22-19-17-20-23-29(26,27)28/h24-25H,2-23H2,1H3,(H,26,27,28). The molecule has 0 rings (SSSR count). The number of aliphatic hydroxyl groups is 1. The van der Waals surface area contributed by atoms with Gasteiger partial charge in [0.1, 0.15) is 0 Å². The van der Waals surface area contributed by atoms with E-state index >= 15 is 0 Å². The van der Waals surface area contributed by atoms with Crippen LogP contribution >= 0.6 is 0 Å². The number of aliphatic hydroxyl groups excluding tert-OH is 1. The van der Waals surface area contributed by atoms with Crippen LogP contribution < -0.4 is 0 Å². The monoisotopic (exact) mass is 434 g/mol. The van der Waals surface area contributed by atoms with Gasteiger partial charge in [-0.05, 0) is 19.3 Å². The van der Waals surface area contributed by atoms with Gasteiger partial charge in [0.25, 0.3) is 10.1 Å². The van der Waals surface area contributed by atoms with E-state index in [1.807, 2.05) is 0 Å². The SMILES string of the molecule is CCCCCCCCCCCCCCCCCCC(O)CCCCCS(=O)(=O)O. The lowest BCUT2D eigenvalue weighted by Gasteiger charge is -2.10. The molecule has 176 valence electrons. The lowest BCUT2D eigenvalue weighted by Crippen LogP contribution is -2.07. The summed E-state index contributed by atoms with van der Waals surface area (Å²) in [7, 11) is -3.83. The average molecular weight is 435 g/mol. The van der Waals surface area contributed by atoms with Crippen LogP contribution in [0.1, 0.15) is 142 Å². The molecule has 0 aromatic rings. The molecular weight excluding hydrogens is 384 g/mol. The number of hydrogen-bond acceptors (Lipinski definition) is 3. The Balaban J connectivity index is 3.17. The van der Waals surface area contributed by atoms with E-state index in [2.05, 4.69) is 6.92 Å². The van der Waals surface area contributed by atoms with Gasteiger partial charge in [0.2, 0.25) is 0 Å². The van der Waals surface area contributed by atoms with E-state index in [0.717, 1.165) is 32.1 Å². The quantitative estimate of drug-likeness (QED) is 0.129. The molecule has 5 heteroatoms. The topological polar surface area (TPSA) is 74.6 Å². The Morgan fingerprint density at radius 2 is 0.862 bits per heavy atom. The molecule has 0 bridgehead atoms. The van der Waals surface area contributed by atoms with Gasteiger partial charge in [-0.1, -0.05) is 122 Å². The molecular formula is C24H50O4S. The third-order valence-electron chi connectivity index (χ3n) is 5.83. The molecule has 4 nitrogen and oxygen atoms in total. The first-order valence-electron chi connectivity index (χ1n) is 12.6. The summed E-state index contributed by atoms with van der Waals surface area (Å²) in [5.74, 6) is -0.164. The summed E-state index contributed by atoms with van der Waals surface area (Å²) in [5.41, 5.74) is 0. The molecule has 0 spiro atoms. The van der Waals surface area contributed by atoms with E-state index in [0.29, 0.717) is 6.42 Å². The van der Waals surface area contributed by atoms with Crippen LogP contribution in [0, 0.1) is 0 Å². The maximum atomic E-state index is 10.6. The van der Waals surface area contributed by atoms with E-state index in [9.17, 15) is 13.5 Å². The van der Waals surface area contributed by atoms with Gasteiger partial charge in [0.05, 0.1) is 11.9 Å². The van der Waals surface area contributed by atoms with E-state index < -0.39 is 10.1 Å². The molecule has 0 radical (unpaired) electrons. The maximum Gasteiger partial charge on any atom is 0.264 e. The van der Waals surface area contributed by atoms with Gasteiger partial charge in [-0.25, -0.2) is 0 Å². The highest BCUT2D eigenvalue weighted by Crippen LogP contribution is 2.15. The van der Waals surface area contributed by atoms with Gasteiger partial charge in [-0.3, -0.25) is 4.55 Å². The van der Waals surface area contributed by atoms with Crippen LogP contribution in [0.25, 0.3) is 0 Å². The first kappa shape index (κ1) is 28.9. The second kappa shape index (κ2) is 21.1. The summed E-state index contributed by atoms with van der Waals surface area (Å²) in [6.45, 7) is 2.27. The summed E-state index contributed by atoms with van der Waals surface area (Å²) >= 11 is 0. The predicted octanol–water partition coefficient (Wildman–Crippen LogP) is 7.45. The van der Waals surface area contributed by atoms with Crippen LogP contribution in [0.3, 0.4) is 0 Å². The Hall–Kier alpha value is -0.130. The first-order chi connectivity index (χ1) is 14.0. The van der Waals surface area contributed by atoms with Crippen LogP contribution in [0.4, 0.5) is 0 Å². The van der Waals surface area contributed by atoms with Gasteiger partial charge < -0.3 is 5.11 Å². The molecule has 0 amide bonds. The van der Waals surface area contributed by atoms with Gasteiger partial charge in [-0.15, -0.1) is 0 Å². The van der Waals surface area contributed by atoms with E-state index in [4.69, 9.17) is 4.55 Å². The molecule has 0 saturated heterocycles. The summed E-state index contributed by atoms with van der Waals surface area (Å²) in [6, 6.07) is 0. The third-order valence-corrected chi connectivity index (χ3v) is 6.64. The summed E-state index contributed by atoms with van der Waals surface area (Å²) in [6.07, 6.45) is 25.1.